The summed E-state index contributed by atoms with van der Waals surface area (Å²) in [7, 11) is 0. The lowest BCUT2D eigenvalue weighted by Gasteiger charge is -2.14. The summed E-state index contributed by atoms with van der Waals surface area (Å²) in [5.74, 6) is 0.194. The van der Waals surface area contributed by atoms with E-state index in [0.29, 0.717) is 29.8 Å². The molecule has 1 aliphatic carbocycles. The molecule has 0 radical (unpaired) electrons. The molecule has 1 heterocycles. The fourth-order valence-electron chi connectivity index (χ4n) is 2.61. The van der Waals surface area contributed by atoms with Crippen LogP contribution in [-0.4, -0.2) is 19.8 Å². The Labute approximate surface area is 119 Å². The van der Waals surface area contributed by atoms with E-state index in [9.17, 15) is 20.2 Å². The van der Waals surface area contributed by atoms with Gasteiger partial charge in [-0.25, -0.2) is 4.98 Å². The largest absolute Gasteiger partial charge is 0.427 e. The minimum Gasteiger partial charge on any atom is -0.427 e. The maximum absolute atomic E-state index is 10.9. The molecule has 1 aromatic heterocycles. The first-order chi connectivity index (χ1) is 10.1. The molecule has 8 nitrogen and oxygen atoms in total. The van der Waals surface area contributed by atoms with Crippen molar-refractivity contribution in [2.24, 2.45) is 5.18 Å². The first-order valence-corrected chi connectivity index (χ1v) is 6.50. The van der Waals surface area contributed by atoms with Crippen molar-refractivity contribution in [2.75, 3.05) is 0 Å². The maximum Gasteiger partial charge on any atom is 0.270 e. The summed E-state index contributed by atoms with van der Waals surface area (Å²) in [4.78, 5) is 25.4. The van der Waals surface area contributed by atoms with Crippen molar-refractivity contribution in [3.8, 4) is 11.4 Å². The quantitative estimate of drug-likeness (QED) is 0.404. The van der Waals surface area contributed by atoms with E-state index in [0.717, 1.165) is 11.2 Å². The Morgan fingerprint density at radius 2 is 2.29 bits per heavy atom. The number of nitrogens with zero attached hydrogens (tertiary/aromatic N) is 4. The number of nitro groups is 1. The Morgan fingerprint density at radius 3 is 3.00 bits per heavy atom. The molecule has 0 bridgehead atoms. The molecular weight excluding hydrogens is 276 g/mol. The molecule has 1 atom stereocenters. The number of rotatable bonds is 3. The van der Waals surface area contributed by atoms with Crippen molar-refractivity contribution < 1.29 is 10.1 Å². The van der Waals surface area contributed by atoms with E-state index >= 15 is 0 Å². The van der Waals surface area contributed by atoms with Gasteiger partial charge in [0.25, 0.3) is 5.69 Å². The molecule has 8 heteroatoms. The second kappa shape index (κ2) is 4.97. The van der Waals surface area contributed by atoms with Gasteiger partial charge in [0.1, 0.15) is 6.04 Å². The molecule has 21 heavy (non-hydrogen) atoms. The Hall–Kier alpha value is -2.77. The number of benzene rings is 1. The highest BCUT2D eigenvalue weighted by Crippen LogP contribution is 2.35. The van der Waals surface area contributed by atoms with E-state index in [1.165, 1.54) is 18.2 Å². The molecule has 0 spiro atoms. The summed E-state index contributed by atoms with van der Waals surface area (Å²) in [6.07, 6.45) is 1.94. The van der Waals surface area contributed by atoms with Crippen LogP contribution < -0.4 is 0 Å². The number of fused-ring (bicyclic) bond motifs is 1. The predicted octanol–water partition coefficient (Wildman–Crippen LogP) is 2.84. The van der Waals surface area contributed by atoms with Crippen molar-refractivity contribution in [2.45, 2.75) is 25.3 Å². The van der Waals surface area contributed by atoms with Gasteiger partial charge in [0.05, 0.1) is 16.3 Å². The number of hydrogen-bond donors (Lipinski definition) is 1. The third-order valence-corrected chi connectivity index (χ3v) is 3.63. The monoisotopic (exact) mass is 288 g/mol. The summed E-state index contributed by atoms with van der Waals surface area (Å²) < 4.78 is 0.908. The van der Waals surface area contributed by atoms with E-state index < -0.39 is 11.0 Å². The molecule has 0 fully saturated rings. The second-order valence-corrected chi connectivity index (χ2v) is 4.90. The highest BCUT2D eigenvalue weighted by atomic mass is 16.6. The van der Waals surface area contributed by atoms with Crippen molar-refractivity contribution in [1.29, 1.82) is 0 Å². The highest BCUT2D eigenvalue weighted by molar-refractivity contribution is 5.60. The molecule has 1 aromatic carbocycles. The van der Waals surface area contributed by atoms with Gasteiger partial charge in [0.15, 0.2) is 5.82 Å². The standard InChI is InChI=1S/C13H12N4O4/c18-15-10-5-2-6-11-12(10)14-13(16(11)19)8-3-1-4-9(7-8)17(20)21/h1,3-4,7,10,19H,2,5-6H2. The van der Waals surface area contributed by atoms with Gasteiger partial charge in [-0.15, -0.1) is 0 Å². The van der Waals surface area contributed by atoms with Crippen LogP contribution in [0.2, 0.25) is 0 Å². The molecule has 0 saturated carbocycles. The van der Waals surface area contributed by atoms with Crippen molar-refractivity contribution in [3.05, 3.63) is 50.7 Å². The number of non-ortho nitro benzene ring substituents is 1. The minimum atomic E-state index is -0.570. The first kappa shape index (κ1) is 13.2. The van der Waals surface area contributed by atoms with Crippen LogP contribution >= 0.6 is 0 Å². The van der Waals surface area contributed by atoms with Crippen molar-refractivity contribution in [1.82, 2.24) is 9.71 Å². The van der Waals surface area contributed by atoms with Gasteiger partial charge < -0.3 is 5.21 Å². The Bertz CT molecular complexity index is 725. The molecule has 0 saturated heterocycles. The smallest absolute Gasteiger partial charge is 0.270 e. The zero-order valence-electron chi connectivity index (χ0n) is 11.0. The SMILES string of the molecule is O=NC1CCCc2c1nc(-c1cccc([N+](=O)[O-])c1)n2O. The number of nitro benzene ring substituents is 1. The number of nitroso groups, excluding NO2 is 1. The van der Waals surface area contributed by atoms with Crippen LogP contribution in [0.25, 0.3) is 11.4 Å². The zero-order valence-corrected chi connectivity index (χ0v) is 11.0. The molecule has 3 rings (SSSR count). The summed E-state index contributed by atoms with van der Waals surface area (Å²) in [6.45, 7) is 0. The topological polar surface area (TPSA) is 111 Å². The van der Waals surface area contributed by atoms with Gasteiger partial charge in [-0.3, -0.25) is 10.1 Å². The second-order valence-electron chi connectivity index (χ2n) is 4.90. The van der Waals surface area contributed by atoms with Gasteiger partial charge in [-0.1, -0.05) is 17.3 Å². The molecule has 0 aliphatic heterocycles. The van der Waals surface area contributed by atoms with Crippen LogP contribution in [0.3, 0.4) is 0 Å². The molecule has 108 valence electrons. The molecular formula is C13H12N4O4. The van der Waals surface area contributed by atoms with E-state index in [1.54, 1.807) is 6.07 Å². The average molecular weight is 288 g/mol. The van der Waals surface area contributed by atoms with E-state index in [4.69, 9.17) is 0 Å². The van der Waals surface area contributed by atoms with Gasteiger partial charge in [-0.05, 0) is 19.3 Å². The van der Waals surface area contributed by atoms with Crippen LogP contribution in [0.1, 0.15) is 30.3 Å². The molecule has 1 N–H and O–H groups in total. The summed E-state index contributed by atoms with van der Waals surface area (Å²) in [6, 6.07) is 5.28. The highest BCUT2D eigenvalue weighted by Gasteiger charge is 2.29. The Kier molecular flexibility index (Phi) is 3.13. The normalized spacial score (nSPS) is 17.2. The number of hydrogen-bond acceptors (Lipinski definition) is 6. The molecule has 1 unspecified atom stereocenters. The van der Waals surface area contributed by atoms with Crippen LogP contribution in [0.15, 0.2) is 29.4 Å². The fourth-order valence-corrected chi connectivity index (χ4v) is 2.61. The number of imidazole rings is 1. The summed E-state index contributed by atoms with van der Waals surface area (Å²) in [5.41, 5.74) is 1.34. The molecule has 1 aliphatic rings. The van der Waals surface area contributed by atoms with E-state index in [1.807, 2.05) is 0 Å². The van der Waals surface area contributed by atoms with Crippen molar-refractivity contribution >= 4 is 5.69 Å². The Balaban J connectivity index is 2.12. The van der Waals surface area contributed by atoms with E-state index in [2.05, 4.69) is 10.2 Å². The lowest BCUT2D eigenvalue weighted by Crippen LogP contribution is -2.10. The van der Waals surface area contributed by atoms with Gasteiger partial charge >= 0.3 is 0 Å². The van der Waals surface area contributed by atoms with Gasteiger partial charge in [-0.2, -0.15) is 9.64 Å². The zero-order chi connectivity index (χ0) is 15.0. The average Bonchev–Trinajstić information content (AvgIpc) is 2.85. The predicted molar refractivity (Wildman–Crippen MR) is 73.0 cm³/mol. The summed E-state index contributed by atoms with van der Waals surface area (Å²) in [5, 5.41) is 24.1. The minimum absolute atomic E-state index is 0.0847. The first-order valence-electron chi connectivity index (χ1n) is 6.50. The van der Waals surface area contributed by atoms with Crippen LogP contribution in [-0.2, 0) is 6.42 Å². The van der Waals surface area contributed by atoms with Gasteiger partial charge in [0, 0.05) is 17.7 Å². The van der Waals surface area contributed by atoms with Crippen LogP contribution in [0, 0.1) is 15.0 Å². The third kappa shape index (κ3) is 2.14. The van der Waals surface area contributed by atoms with E-state index in [-0.39, 0.29) is 11.5 Å². The van der Waals surface area contributed by atoms with Crippen molar-refractivity contribution in [3.63, 3.8) is 0 Å². The van der Waals surface area contributed by atoms with Gasteiger partial charge in [0.2, 0.25) is 0 Å². The van der Waals surface area contributed by atoms with Crippen LogP contribution in [0.4, 0.5) is 5.69 Å². The maximum atomic E-state index is 10.9. The lowest BCUT2D eigenvalue weighted by atomic mass is 9.97. The third-order valence-electron chi connectivity index (χ3n) is 3.63. The molecule has 2 aromatic rings. The molecule has 0 amide bonds. The van der Waals surface area contributed by atoms with Crippen LogP contribution in [0.5, 0.6) is 0 Å². The fraction of sp³-hybridized carbons (Fsp3) is 0.308. The lowest BCUT2D eigenvalue weighted by molar-refractivity contribution is -0.384. The Morgan fingerprint density at radius 1 is 1.48 bits per heavy atom. The number of aromatic nitrogens is 2. The summed E-state index contributed by atoms with van der Waals surface area (Å²) >= 11 is 0.